The molecule has 94 valence electrons. The first kappa shape index (κ1) is 12.9. The Kier molecular flexibility index (Phi) is 3.58. The number of hydrogen-bond acceptors (Lipinski definition) is 6. The van der Waals surface area contributed by atoms with Crippen LogP contribution in [0.25, 0.3) is 0 Å². The minimum absolute atomic E-state index is 0.222. The molecule has 0 saturated carbocycles. The summed E-state index contributed by atoms with van der Waals surface area (Å²) in [7, 11) is 2.01. The third-order valence-corrected chi connectivity index (χ3v) is 4.73. The van der Waals surface area contributed by atoms with Crippen LogP contribution in [0, 0.1) is 0 Å². The summed E-state index contributed by atoms with van der Waals surface area (Å²) in [6, 6.07) is 0. The molecule has 2 N–H and O–H groups in total. The van der Waals surface area contributed by atoms with Crippen molar-refractivity contribution >= 4 is 45.2 Å². The minimum Gasteiger partial charge on any atom is -0.288 e. The van der Waals surface area contributed by atoms with Crippen molar-refractivity contribution in [2.45, 2.75) is 13.3 Å². The number of hydrogen-bond donors (Lipinski definition) is 2. The summed E-state index contributed by atoms with van der Waals surface area (Å²) < 4.78 is 0. The largest absolute Gasteiger partial charge is 0.288 e. The van der Waals surface area contributed by atoms with E-state index in [-0.39, 0.29) is 4.91 Å². The van der Waals surface area contributed by atoms with Crippen molar-refractivity contribution in [3.8, 4) is 0 Å². The van der Waals surface area contributed by atoms with Gasteiger partial charge < -0.3 is 0 Å². The Morgan fingerprint density at radius 2 is 1.72 bits per heavy atom. The summed E-state index contributed by atoms with van der Waals surface area (Å²) in [6.07, 6.45) is 1.60. The number of amides is 4. The van der Waals surface area contributed by atoms with E-state index in [2.05, 4.69) is 10.6 Å². The van der Waals surface area contributed by atoms with Crippen LogP contribution in [0.5, 0.6) is 0 Å². The first-order chi connectivity index (χ1) is 8.52. The van der Waals surface area contributed by atoms with Gasteiger partial charge in [-0.15, -0.1) is 0 Å². The Morgan fingerprint density at radius 1 is 1.00 bits per heavy atom. The second-order valence-electron chi connectivity index (χ2n) is 3.44. The molecule has 0 bridgehead atoms. The molecule has 18 heavy (non-hydrogen) atoms. The maximum Gasteiger partial charge on any atom is 0.265 e. The highest BCUT2D eigenvalue weighted by Crippen LogP contribution is 2.40. The Balaban J connectivity index is 2.10. The van der Waals surface area contributed by atoms with E-state index >= 15 is 0 Å². The number of nitrogens with one attached hydrogen (secondary N) is 2. The molecule has 0 aromatic rings. The molecule has 0 saturated heterocycles. The molecule has 0 unspecified atom stereocenters. The van der Waals surface area contributed by atoms with Gasteiger partial charge in [-0.05, 0) is 28.0 Å². The average Bonchev–Trinajstić information content (AvgIpc) is 2.75. The van der Waals surface area contributed by atoms with E-state index in [1.165, 1.54) is 6.08 Å². The molecule has 2 heterocycles. The van der Waals surface area contributed by atoms with Gasteiger partial charge in [0.2, 0.25) is 0 Å². The van der Waals surface area contributed by atoms with Crippen LogP contribution in [0.3, 0.4) is 0 Å². The Labute approximate surface area is 110 Å². The van der Waals surface area contributed by atoms with Gasteiger partial charge in [0.25, 0.3) is 23.6 Å². The van der Waals surface area contributed by atoms with E-state index in [1.54, 1.807) is 6.92 Å². The molecule has 8 heteroatoms. The van der Waals surface area contributed by atoms with Gasteiger partial charge in [-0.2, -0.15) is 0 Å². The van der Waals surface area contributed by atoms with Crippen LogP contribution in [0.4, 0.5) is 0 Å². The summed E-state index contributed by atoms with van der Waals surface area (Å²) in [5.74, 6) is -1.81. The highest BCUT2D eigenvalue weighted by Gasteiger charge is 2.31. The first-order valence-electron chi connectivity index (χ1n) is 5.03. The van der Waals surface area contributed by atoms with Gasteiger partial charge in [0.15, 0.2) is 0 Å². The van der Waals surface area contributed by atoms with Gasteiger partial charge in [0.1, 0.15) is 0 Å². The summed E-state index contributed by atoms with van der Waals surface area (Å²) in [5.41, 5.74) is 0.405. The monoisotopic (exact) mass is 284 g/mol. The summed E-state index contributed by atoms with van der Waals surface area (Å²) >= 11 is 0. The molecule has 6 nitrogen and oxygen atoms in total. The zero-order valence-corrected chi connectivity index (χ0v) is 10.9. The highest BCUT2D eigenvalue weighted by molar-refractivity contribution is 8.80. The number of carbonyl (C=O) groups is 4. The lowest BCUT2D eigenvalue weighted by Crippen LogP contribution is -2.22. The van der Waals surface area contributed by atoms with Gasteiger partial charge in [-0.1, -0.05) is 6.92 Å². The van der Waals surface area contributed by atoms with Crippen molar-refractivity contribution in [2.24, 2.45) is 0 Å². The summed E-state index contributed by atoms with van der Waals surface area (Å²) in [5, 5.41) is 4.29. The van der Waals surface area contributed by atoms with Crippen LogP contribution >= 0.6 is 21.6 Å². The molecule has 2 aliphatic heterocycles. The average molecular weight is 284 g/mol. The third kappa shape index (κ3) is 2.34. The maximum absolute atomic E-state index is 11.5. The fraction of sp³-hybridized carbons (Fsp3) is 0.200. The van der Waals surface area contributed by atoms with Crippen LogP contribution < -0.4 is 10.6 Å². The second-order valence-corrected chi connectivity index (χ2v) is 5.62. The number of rotatable bonds is 4. The van der Waals surface area contributed by atoms with Crippen LogP contribution in [0.15, 0.2) is 21.5 Å². The van der Waals surface area contributed by atoms with Crippen molar-refractivity contribution in [1.82, 2.24) is 10.6 Å². The molecular formula is C10H8N2O4S2. The second kappa shape index (κ2) is 4.99. The van der Waals surface area contributed by atoms with E-state index in [0.29, 0.717) is 16.9 Å². The predicted octanol–water partition coefficient (Wildman–Crippen LogP) is 0.229. The quantitative estimate of drug-likeness (QED) is 0.567. The van der Waals surface area contributed by atoms with Crippen molar-refractivity contribution in [2.75, 3.05) is 0 Å². The molecular weight excluding hydrogens is 276 g/mol. The van der Waals surface area contributed by atoms with Crippen LogP contribution in [0.1, 0.15) is 13.3 Å². The van der Waals surface area contributed by atoms with Crippen molar-refractivity contribution in [3.05, 3.63) is 21.5 Å². The lowest BCUT2D eigenvalue weighted by molar-refractivity contribution is -0.125. The fourth-order valence-electron chi connectivity index (χ4n) is 1.43. The van der Waals surface area contributed by atoms with Crippen molar-refractivity contribution < 1.29 is 19.2 Å². The molecule has 0 fully saturated rings. The standard InChI is InChI=1S/C10H8N2O4S2/c1-2-4-7(10(16)12-8(4)14)18-17-5-3-6(13)11-9(5)15/h3H,2H2,1H3,(H,11,13,15)(H,12,14,16). The van der Waals surface area contributed by atoms with E-state index in [4.69, 9.17) is 0 Å². The van der Waals surface area contributed by atoms with Gasteiger partial charge in [0.05, 0.1) is 9.81 Å². The Hall–Kier alpha value is -1.54. The van der Waals surface area contributed by atoms with Gasteiger partial charge in [0, 0.05) is 11.6 Å². The van der Waals surface area contributed by atoms with E-state index in [1.807, 2.05) is 0 Å². The Morgan fingerprint density at radius 3 is 2.28 bits per heavy atom. The first-order valence-corrected chi connectivity index (χ1v) is 7.18. The van der Waals surface area contributed by atoms with E-state index in [9.17, 15) is 19.2 Å². The van der Waals surface area contributed by atoms with E-state index in [0.717, 1.165) is 21.6 Å². The van der Waals surface area contributed by atoms with Gasteiger partial charge in [-0.25, -0.2) is 0 Å². The normalized spacial score (nSPS) is 19.3. The molecule has 0 atom stereocenters. The maximum atomic E-state index is 11.5. The lowest BCUT2D eigenvalue weighted by Gasteiger charge is -2.00. The molecule has 0 radical (unpaired) electrons. The molecule has 4 amide bonds. The molecule has 2 aliphatic rings. The topological polar surface area (TPSA) is 92.3 Å². The smallest absolute Gasteiger partial charge is 0.265 e. The lowest BCUT2D eigenvalue weighted by atomic mass is 10.2. The van der Waals surface area contributed by atoms with Crippen molar-refractivity contribution in [1.29, 1.82) is 0 Å². The molecule has 2 rings (SSSR count). The molecule has 0 aliphatic carbocycles. The number of carbonyl (C=O) groups excluding carboxylic acids is 4. The molecule has 0 aromatic heterocycles. The fourth-order valence-corrected chi connectivity index (χ4v) is 3.77. The SMILES string of the molecule is CCC1=C(SSC2=CC(=O)NC2=O)C(=O)NC1=O. The van der Waals surface area contributed by atoms with Crippen LogP contribution in [0.2, 0.25) is 0 Å². The Bertz CT molecular complexity index is 536. The van der Waals surface area contributed by atoms with Crippen LogP contribution in [-0.2, 0) is 19.2 Å². The van der Waals surface area contributed by atoms with E-state index < -0.39 is 23.6 Å². The zero-order valence-electron chi connectivity index (χ0n) is 9.23. The van der Waals surface area contributed by atoms with Crippen molar-refractivity contribution in [3.63, 3.8) is 0 Å². The van der Waals surface area contributed by atoms with Gasteiger partial charge in [-0.3, -0.25) is 29.8 Å². The number of imide groups is 2. The van der Waals surface area contributed by atoms with Crippen LogP contribution in [-0.4, -0.2) is 23.6 Å². The zero-order chi connectivity index (χ0) is 13.3. The molecule has 0 spiro atoms. The minimum atomic E-state index is -0.485. The predicted molar refractivity (Wildman–Crippen MR) is 66.9 cm³/mol. The summed E-state index contributed by atoms with van der Waals surface area (Å²) in [4.78, 5) is 45.6. The third-order valence-electron chi connectivity index (χ3n) is 2.27. The summed E-state index contributed by atoms with van der Waals surface area (Å²) in [6.45, 7) is 1.77. The molecule has 0 aromatic carbocycles. The highest BCUT2D eigenvalue weighted by atomic mass is 33.1. The van der Waals surface area contributed by atoms with Gasteiger partial charge >= 0.3 is 0 Å².